The molecule has 2 N–H and O–H groups in total. The first kappa shape index (κ1) is 17.0. The van der Waals surface area contributed by atoms with Crippen molar-refractivity contribution in [3.8, 4) is 11.4 Å². The molecule has 0 aliphatic heterocycles. The lowest BCUT2D eigenvalue weighted by Gasteiger charge is -2.23. The zero-order valence-corrected chi connectivity index (χ0v) is 15.8. The second-order valence-electron chi connectivity index (χ2n) is 7.53. The Balaban J connectivity index is 1.55. The van der Waals surface area contributed by atoms with Gasteiger partial charge in [0.15, 0.2) is 5.82 Å². The number of hydrogen-bond acceptors (Lipinski definition) is 4. The first-order chi connectivity index (χ1) is 13.8. The number of hydrogen-bond donors (Lipinski definition) is 2. The predicted molar refractivity (Wildman–Crippen MR) is 111 cm³/mol. The summed E-state index contributed by atoms with van der Waals surface area (Å²) < 4.78 is 2.05. The minimum atomic E-state index is 0.488. The fourth-order valence-corrected chi connectivity index (χ4v) is 3.99. The van der Waals surface area contributed by atoms with Crippen molar-refractivity contribution in [3.05, 3.63) is 60.8 Å². The van der Waals surface area contributed by atoms with E-state index < -0.39 is 0 Å². The van der Waals surface area contributed by atoms with Crippen LogP contribution in [0.2, 0.25) is 0 Å². The quantitative estimate of drug-likeness (QED) is 0.536. The number of anilines is 1. The maximum Gasteiger partial charge on any atom is 0.163 e. The average molecular weight is 372 g/mol. The molecule has 1 aromatic carbocycles. The Hall–Kier alpha value is -3.15. The number of fused-ring (bicyclic) bond motifs is 1. The third-order valence-electron chi connectivity index (χ3n) is 5.43. The zero-order valence-electron chi connectivity index (χ0n) is 15.8. The normalized spacial score (nSPS) is 15.1. The van der Waals surface area contributed by atoms with Crippen molar-refractivity contribution >= 4 is 16.9 Å². The lowest BCUT2D eigenvalue weighted by Crippen LogP contribution is -2.23. The summed E-state index contributed by atoms with van der Waals surface area (Å²) in [6, 6.07) is 12.8. The minimum absolute atomic E-state index is 0.488. The third kappa shape index (κ3) is 3.50. The number of benzene rings is 1. The number of H-pyrrole nitrogens is 1. The summed E-state index contributed by atoms with van der Waals surface area (Å²) in [6.45, 7) is 0.736. The van der Waals surface area contributed by atoms with Crippen LogP contribution in [0.4, 0.5) is 5.82 Å². The number of rotatable bonds is 5. The van der Waals surface area contributed by atoms with Gasteiger partial charge in [-0.05, 0) is 18.9 Å². The SMILES string of the molecule is c1ccc(-c2nc(NC3CCCCC3)c3cc(Cn4ccnc4)[nH]c3n2)cc1. The molecule has 0 radical (unpaired) electrons. The van der Waals surface area contributed by atoms with E-state index in [0.29, 0.717) is 6.04 Å². The largest absolute Gasteiger partial charge is 0.367 e. The minimum Gasteiger partial charge on any atom is -0.367 e. The first-order valence-corrected chi connectivity index (χ1v) is 10.0. The fraction of sp³-hybridized carbons (Fsp3) is 0.318. The second-order valence-corrected chi connectivity index (χ2v) is 7.53. The summed E-state index contributed by atoms with van der Waals surface area (Å²) >= 11 is 0. The van der Waals surface area contributed by atoms with Crippen LogP contribution in [-0.2, 0) is 6.54 Å². The van der Waals surface area contributed by atoms with E-state index in [2.05, 4.69) is 33.5 Å². The molecule has 1 aliphatic rings. The van der Waals surface area contributed by atoms with Gasteiger partial charge in [-0.25, -0.2) is 15.0 Å². The van der Waals surface area contributed by atoms with Crippen LogP contribution in [-0.4, -0.2) is 30.5 Å². The van der Waals surface area contributed by atoms with Gasteiger partial charge in [0, 0.05) is 29.7 Å². The summed E-state index contributed by atoms with van der Waals surface area (Å²) in [5.41, 5.74) is 3.00. The molecular weight excluding hydrogens is 348 g/mol. The van der Waals surface area contributed by atoms with Crippen LogP contribution in [0.25, 0.3) is 22.4 Å². The molecule has 28 heavy (non-hydrogen) atoms. The summed E-state index contributed by atoms with van der Waals surface area (Å²) in [4.78, 5) is 17.3. The van der Waals surface area contributed by atoms with Gasteiger partial charge in [0.2, 0.25) is 0 Å². The number of imidazole rings is 1. The van der Waals surface area contributed by atoms with Gasteiger partial charge in [-0.15, -0.1) is 0 Å². The Kier molecular flexibility index (Phi) is 4.53. The highest BCUT2D eigenvalue weighted by atomic mass is 15.1. The molecule has 1 fully saturated rings. The second kappa shape index (κ2) is 7.46. The molecular formula is C22H24N6. The van der Waals surface area contributed by atoms with E-state index in [0.717, 1.165) is 40.5 Å². The van der Waals surface area contributed by atoms with Crippen molar-refractivity contribution in [2.45, 2.75) is 44.7 Å². The lowest BCUT2D eigenvalue weighted by atomic mass is 9.95. The third-order valence-corrected chi connectivity index (χ3v) is 5.43. The molecule has 3 aromatic heterocycles. The Morgan fingerprint density at radius 1 is 1.07 bits per heavy atom. The Morgan fingerprint density at radius 2 is 1.93 bits per heavy atom. The van der Waals surface area contributed by atoms with Gasteiger partial charge in [-0.2, -0.15) is 0 Å². The molecule has 142 valence electrons. The van der Waals surface area contributed by atoms with Crippen molar-refractivity contribution in [1.29, 1.82) is 0 Å². The zero-order chi connectivity index (χ0) is 18.8. The van der Waals surface area contributed by atoms with Crippen molar-refractivity contribution in [2.24, 2.45) is 0 Å². The van der Waals surface area contributed by atoms with Crippen molar-refractivity contribution in [1.82, 2.24) is 24.5 Å². The van der Waals surface area contributed by atoms with Crippen LogP contribution in [0.1, 0.15) is 37.8 Å². The van der Waals surface area contributed by atoms with Crippen LogP contribution in [0.15, 0.2) is 55.1 Å². The van der Waals surface area contributed by atoms with Crippen molar-refractivity contribution < 1.29 is 0 Å². The molecule has 6 heteroatoms. The highest BCUT2D eigenvalue weighted by Crippen LogP contribution is 2.29. The molecule has 6 nitrogen and oxygen atoms in total. The van der Waals surface area contributed by atoms with E-state index in [1.807, 2.05) is 35.3 Å². The van der Waals surface area contributed by atoms with Crippen LogP contribution >= 0.6 is 0 Å². The molecule has 0 saturated heterocycles. The van der Waals surface area contributed by atoms with E-state index >= 15 is 0 Å². The van der Waals surface area contributed by atoms with Crippen LogP contribution in [0.5, 0.6) is 0 Å². The maximum atomic E-state index is 4.91. The van der Waals surface area contributed by atoms with E-state index in [1.165, 1.54) is 32.1 Å². The molecule has 0 bridgehead atoms. The Labute approximate surface area is 164 Å². The first-order valence-electron chi connectivity index (χ1n) is 10.0. The highest BCUT2D eigenvalue weighted by molar-refractivity contribution is 5.89. The van der Waals surface area contributed by atoms with Crippen LogP contribution < -0.4 is 5.32 Å². The highest BCUT2D eigenvalue weighted by Gasteiger charge is 2.18. The Morgan fingerprint density at radius 3 is 2.71 bits per heavy atom. The van der Waals surface area contributed by atoms with E-state index in [1.54, 1.807) is 6.20 Å². The summed E-state index contributed by atoms with van der Waals surface area (Å²) in [6.07, 6.45) is 11.9. The van der Waals surface area contributed by atoms with E-state index in [-0.39, 0.29) is 0 Å². The lowest BCUT2D eigenvalue weighted by molar-refractivity contribution is 0.462. The van der Waals surface area contributed by atoms with Gasteiger partial charge in [-0.1, -0.05) is 49.6 Å². The molecule has 1 aliphatic carbocycles. The van der Waals surface area contributed by atoms with Crippen LogP contribution in [0, 0.1) is 0 Å². The number of nitrogens with zero attached hydrogens (tertiary/aromatic N) is 4. The fourth-order valence-electron chi connectivity index (χ4n) is 3.99. The van der Waals surface area contributed by atoms with Gasteiger partial charge < -0.3 is 14.9 Å². The van der Waals surface area contributed by atoms with Crippen molar-refractivity contribution in [2.75, 3.05) is 5.32 Å². The van der Waals surface area contributed by atoms with Gasteiger partial charge in [-0.3, -0.25) is 0 Å². The smallest absolute Gasteiger partial charge is 0.163 e. The summed E-state index contributed by atoms with van der Waals surface area (Å²) in [5, 5.41) is 4.77. The molecule has 0 unspecified atom stereocenters. The molecule has 3 heterocycles. The maximum absolute atomic E-state index is 4.91. The van der Waals surface area contributed by atoms with Crippen LogP contribution in [0.3, 0.4) is 0 Å². The number of aromatic nitrogens is 5. The van der Waals surface area contributed by atoms with Gasteiger partial charge in [0.05, 0.1) is 18.3 Å². The van der Waals surface area contributed by atoms with E-state index in [9.17, 15) is 0 Å². The Bertz CT molecular complexity index is 1050. The van der Waals surface area contributed by atoms with Gasteiger partial charge in [0.25, 0.3) is 0 Å². The molecule has 5 rings (SSSR count). The number of nitrogens with one attached hydrogen (secondary N) is 2. The molecule has 1 saturated carbocycles. The molecule has 0 spiro atoms. The topological polar surface area (TPSA) is 71.4 Å². The number of aromatic amines is 1. The average Bonchev–Trinajstić information content (AvgIpc) is 3.39. The monoisotopic (exact) mass is 372 g/mol. The van der Waals surface area contributed by atoms with Gasteiger partial charge >= 0.3 is 0 Å². The summed E-state index contributed by atoms with van der Waals surface area (Å²) in [7, 11) is 0. The standard InChI is InChI=1S/C22H24N6/c1-3-7-16(8-4-1)20-26-21(24-17-9-5-2-6-10-17)19-13-18(25-22(19)27-20)14-28-12-11-23-15-28/h1,3-4,7-8,11-13,15,17H,2,5-6,9-10,14H2,(H2,24,25,26,27). The van der Waals surface area contributed by atoms with E-state index in [4.69, 9.17) is 9.97 Å². The van der Waals surface area contributed by atoms with Crippen molar-refractivity contribution in [3.63, 3.8) is 0 Å². The van der Waals surface area contributed by atoms with Gasteiger partial charge in [0.1, 0.15) is 11.5 Å². The predicted octanol–water partition coefficient (Wildman–Crippen LogP) is 4.61. The molecule has 0 amide bonds. The summed E-state index contributed by atoms with van der Waals surface area (Å²) in [5.74, 6) is 1.69. The molecule has 4 aromatic rings. The molecule has 0 atom stereocenters.